The third-order valence-corrected chi connectivity index (χ3v) is 5.91. The number of carbonyl (C=O) groups is 3. The van der Waals surface area contributed by atoms with Crippen LogP contribution < -0.4 is 4.90 Å². The highest BCUT2D eigenvalue weighted by molar-refractivity contribution is 9.10. The third kappa shape index (κ3) is 5.82. The summed E-state index contributed by atoms with van der Waals surface area (Å²) in [6, 6.07) is 11.5. The molecule has 0 saturated carbocycles. The smallest absolute Gasteiger partial charge is 0.338 e. The fourth-order valence-corrected chi connectivity index (χ4v) is 4.06. The number of benzene rings is 2. The zero-order valence-electron chi connectivity index (χ0n) is 17.9. The molecule has 0 fully saturated rings. The van der Waals surface area contributed by atoms with Crippen LogP contribution in [-0.4, -0.2) is 24.4 Å². The molecule has 1 heterocycles. The molecule has 2 aromatic carbocycles. The number of anilines is 1. The maximum Gasteiger partial charge on any atom is 0.338 e. The van der Waals surface area contributed by atoms with Gasteiger partial charge in [-0.2, -0.15) is 0 Å². The number of nitrogens with zero attached hydrogens (tertiary/aromatic N) is 1. The van der Waals surface area contributed by atoms with Crippen LogP contribution in [0.5, 0.6) is 0 Å². The van der Waals surface area contributed by atoms with Gasteiger partial charge in [-0.25, -0.2) is 9.69 Å². The molecular weight excluding hydrogens is 458 g/mol. The number of ether oxygens (including phenoxy) is 1. The molecule has 5 nitrogen and oxygen atoms in total. The van der Waals surface area contributed by atoms with Crippen LogP contribution in [0.3, 0.4) is 0 Å². The van der Waals surface area contributed by atoms with Crippen molar-refractivity contribution in [2.24, 2.45) is 0 Å². The summed E-state index contributed by atoms with van der Waals surface area (Å²) in [5, 5.41) is 0. The Bertz CT molecular complexity index is 956. The Morgan fingerprint density at radius 2 is 1.55 bits per heavy atom. The van der Waals surface area contributed by atoms with Gasteiger partial charge in [0.1, 0.15) is 0 Å². The molecule has 31 heavy (non-hydrogen) atoms. The summed E-state index contributed by atoms with van der Waals surface area (Å²) in [7, 11) is 0. The lowest BCUT2D eigenvalue weighted by molar-refractivity contribution is 0.0497. The van der Waals surface area contributed by atoms with E-state index >= 15 is 0 Å². The van der Waals surface area contributed by atoms with E-state index < -0.39 is 17.8 Å². The molecule has 0 aromatic heterocycles. The van der Waals surface area contributed by atoms with Crippen LogP contribution in [0, 0.1) is 0 Å². The molecule has 0 bridgehead atoms. The monoisotopic (exact) mass is 485 g/mol. The Morgan fingerprint density at radius 3 is 2.29 bits per heavy atom. The largest absolute Gasteiger partial charge is 0.462 e. The fraction of sp³-hybridized carbons (Fsp3) is 0.400. The zero-order valence-corrected chi connectivity index (χ0v) is 19.4. The Hall–Kier alpha value is -2.47. The van der Waals surface area contributed by atoms with E-state index in [1.54, 1.807) is 36.4 Å². The second-order valence-electron chi connectivity index (χ2n) is 7.80. The number of hydrogen-bond donors (Lipinski definition) is 0. The van der Waals surface area contributed by atoms with Crippen LogP contribution in [-0.2, 0) is 4.74 Å². The molecule has 1 aliphatic heterocycles. The van der Waals surface area contributed by atoms with Gasteiger partial charge in [0, 0.05) is 4.47 Å². The summed E-state index contributed by atoms with van der Waals surface area (Å²) in [5.74, 6) is -1.23. The predicted molar refractivity (Wildman–Crippen MR) is 125 cm³/mol. The van der Waals surface area contributed by atoms with Crippen molar-refractivity contribution in [3.63, 3.8) is 0 Å². The van der Waals surface area contributed by atoms with Crippen molar-refractivity contribution in [2.45, 2.75) is 58.3 Å². The first-order valence-electron chi connectivity index (χ1n) is 11.0. The maximum absolute atomic E-state index is 12.8. The molecule has 1 aliphatic rings. The van der Waals surface area contributed by atoms with Crippen molar-refractivity contribution in [3.8, 4) is 0 Å². The SMILES string of the molecule is CCCCCCCCCCOC(=O)c1cccc(N2C(=O)c3ccc(Br)cc3C2=O)c1. The molecule has 2 aromatic rings. The Morgan fingerprint density at radius 1 is 0.871 bits per heavy atom. The second kappa shape index (κ2) is 11.2. The Balaban J connectivity index is 1.53. The molecule has 2 amide bonds. The van der Waals surface area contributed by atoms with Gasteiger partial charge in [0.25, 0.3) is 11.8 Å². The Labute approximate surface area is 191 Å². The van der Waals surface area contributed by atoms with Crippen LogP contribution in [0.2, 0.25) is 0 Å². The van der Waals surface area contributed by atoms with E-state index in [0.717, 1.165) is 28.6 Å². The highest BCUT2D eigenvalue weighted by Crippen LogP contribution is 2.30. The molecule has 0 aliphatic carbocycles. The molecular formula is C25H28BrNO4. The summed E-state index contributed by atoms with van der Waals surface area (Å²) >= 11 is 3.33. The lowest BCUT2D eigenvalue weighted by atomic mass is 10.1. The summed E-state index contributed by atoms with van der Waals surface area (Å²) in [6.07, 6.45) is 9.40. The summed E-state index contributed by atoms with van der Waals surface area (Å²) in [5.41, 5.74) is 1.40. The number of carbonyl (C=O) groups excluding carboxylic acids is 3. The third-order valence-electron chi connectivity index (χ3n) is 5.42. The van der Waals surface area contributed by atoms with Crippen molar-refractivity contribution < 1.29 is 19.1 Å². The van der Waals surface area contributed by atoms with Gasteiger partial charge in [0.2, 0.25) is 0 Å². The number of amides is 2. The van der Waals surface area contributed by atoms with Crippen molar-refractivity contribution >= 4 is 39.4 Å². The van der Waals surface area contributed by atoms with Gasteiger partial charge < -0.3 is 4.74 Å². The first-order valence-corrected chi connectivity index (χ1v) is 11.8. The maximum atomic E-state index is 12.8. The first kappa shape index (κ1) is 23.2. The Kier molecular flexibility index (Phi) is 8.41. The molecule has 0 N–H and O–H groups in total. The second-order valence-corrected chi connectivity index (χ2v) is 8.71. The van der Waals surface area contributed by atoms with Gasteiger partial charge >= 0.3 is 5.97 Å². The highest BCUT2D eigenvalue weighted by atomic mass is 79.9. The van der Waals surface area contributed by atoms with E-state index in [2.05, 4.69) is 22.9 Å². The van der Waals surface area contributed by atoms with E-state index in [1.165, 1.54) is 38.2 Å². The van der Waals surface area contributed by atoms with Gasteiger partial charge in [-0.15, -0.1) is 0 Å². The molecule has 0 spiro atoms. The van der Waals surface area contributed by atoms with E-state index in [1.807, 2.05) is 0 Å². The number of halogens is 1. The minimum absolute atomic E-state index is 0.329. The number of esters is 1. The molecule has 0 unspecified atom stereocenters. The van der Waals surface area contributed by atoms with Gasteiger partial charge in [0.15, 0.2) is 0 Å². The molecule has 0 radical (unpaired) electrons. The van der Waals surface area contributed by atoms with Gasteiger partial charge in [-0.3, -0.25) is 9.59 Å². The number of hydrogen-bond acceptors (Lipinski definition) is 4. The lowest BCUT2D eigenvalue weighted by Crippen LogP contribution is -2.29. The van der Waals surface area contributed by atoms with Crippen LogP contribution >= 0.6 is 15.9 Å². The van der Waals surface area contributed by atoms with Crippen molar-refractivity contribution in [1.82, 2.24) is 0 Å². The average molecular weight is 486 g/mol. The molecule has 0 atom stereocenters. The van der Waals surface area contributed by atoms with E-state index in [0.29, 0.717) is 29.0 Å². The van der Waals surface area contributed by atoms with Crippen LogP contribution in [0.15, 0.2) is 46.9 Å². The molecule has 164 valence electrons. The fourth-order valence-electron chi connectivity index (χ4n) is 3.70. The molecule has 0 saturated heterocycles. The lowest BCUT2D eigenvalue weighted by Gasteiger charge is -2.15. The van der Waals surface area contributed by atoms with Crippen molar-refractivity contribution in [3.05, 3.63) is 63.6 Å². The molecule has 6 heteroatoms. The van der Waals surface area contributed by atoms with Gasteiger partial charge in [-0.05, 0) is 42.8 Å². The average Bonchev–Trinajstić information content (AvgIpc) is 3.02. The minimum Gasteiger partial charge on any atom is -0.462 e. The quantitative estimate of drug-likeness (QED) is 0.205. The highest BCUT2D eigenvalue weighted by Gasteiger charge is 2.36. The summed E-state index contributed by atoms with van der Waals surface area (Å²) in [4.78, 5) is 39.0. The standard InChI is InChI=1S/C25H28BrNO4/c1-2-3-4-5-6-7-8-9-15-31-25(30)18-11-10-12-20(16-18)27-23(28)21-14-13-19(26)17-22(21)24(27)29/h10-14,16-17H,2-9,15H2,1H3. The van der Waals surface area contributed by atoms with Gasteiger partial charge in [0.05, 0.1) is 29.0 Å². The summed E-state index contributed by atoms with van der Waals surface area (Å²) < 4.78 is 6.12. The van der Waals surface area contributed by atoms with E-state index in [4.69, 9.17) is 4.74 Å². The normalized spacial score (nSPS) is 12.9. The number of unbranched alkanes of at least 4 members (excludes halogenated alkanes) is 7. The number of imide groups is 1. The first-order chi connectivity index (χ1) is 15.0. The number of rotatable bonds is 11. The number of fused-ring (bicyclic) bond motifs is 1. The molecule has 3 rings (SSSR count). The van der Waals surface area contributed by atoms with Crippen LogP contribution in [0.1, 0.15) is 89.4 Å². The summed E-state index contributed by atoms with van der Waals surface area (Å²) in [6.45, 7) is 2.59. The van der Waals surface area contributed by atoms with Crippen LogP contribution in [0.4, 0.5) is 5.69 Å². The van der Waals surface area contributed by atoms with Crippen LogP contribution in [0.25, 0.3) is 0 Å². The van der Waals surface area contributed by atoms with E-state index in [-0.39, 0.29) is 0 Å². The minimum atomic E-state index is -0.441. The van der Waals surface area contributed by atoms with Crippen molar-refractivity contribution in [1.29, 1.82) is 0 Å². The van der Waals surface area contributed by atoms with Crippen molar-refractivity contribution in [2.75, 3.05) is 11.5 Å². The topological polar surface area (TPSA) is 63.7 Å². The van der Waals surface area contributed by atoms with Gasteiger partial charge in [-0.1, -0.05) is 73.9 Å². The zero-order chi connectivity index (χ0) is 22.2. The van der Waals surface area contributed by atoms with E-state index in [9.17, 15) is 14.4 Å². The predicted octanol–water partition coefficient (Wildman–Crippen LogP) is 6.55.